The van der Waals surface area contributed by atoms with Gasteiger partial charge in [-0.1, -0.05) is 89.9 Å². The van der Waals surface area contributed by atoms with Crippen LogP contribution in [0.5, 0.6) is 5.75 Å². The van der Waals surface area contributed by atoms with Crippen LogP contribution in [-0.4, -0.2) is 17.7 Å². The zero-order chi connectivity index (χ0) is 21.6. The van der Waals surface area contributed by atoms with Gasteiger partial charge in [-0.2, -0.15) is 0 Å². The maximum Gasteiger partial charge on any atom is 0.185 e. The van der Waals surface area contributed by atoms with Gasteiger partial charge in [-0.25, -0.2) is 0 Å². The lowest BCUT2D eigenvalue weighted by atomic mass is 10.2. The number of unbranched alkanes of at least 4 members (excludes halogenated alkanes) is 9. The van der Waals surface area contributed by atoms with E-state index in [1.807, 2.05) is 11.3 Å². The molecule has 1 heterocycles. The van der Waals surface area contributed by atoms with Crippen LogP contribution in [0.1, 0.15) is 103 Å². The van der Waals surface area contributed by atoms with Crippen molar-refractivity contribution in [2.24, 2.45) is 4.99 Å². The summed E-state index contributed by atoms with van der Waals surface area (Å²) in [6, 6.07) is 4.58. The normalized spacial score (nSPS) is 12.2. The largest absolute Gasteiger partial charge is 0.493 e. The molecule has 0 bridgehead atoms. The highest BCUT2D eigenvalue weighted by molar-refractivity contribution is 7.16. The minimum Gasteiger partial charge on any atom is -0.493 e. The number of ether oxygens (including phenoxy) is 1. The van der Waals surface area contributed by atoms with E-state index in [0.29, 0.717) is 0 Å². The molecule has 1 aromatic heterocycles. The Labute approximate surface area is 188 Å². The number of hydrogen-bond acceptors (Lipinski definition) is 3. The Morgan fingerprint density at radius 3 is 2.20 bits per heavy atom. The van der Waals surface area contributed by atoms with Crippen LogP contribution < -0.4 is 9.54 Å². The Morgan fingerprint density at radius 2 is 1.50 bits per heavy atom. The predicted octanol–water partition coefficient (Wildman–Crippen LogP) is 8.03. The summed E-state index contributed by atoms with van der Waals surface area (Å²) in [5.41, 5.74) is 2.55. The van der Waals surface area contributed by atoms with Crippen LogP contribution in [-0.2, 0) is 6.54 Å². The Balaban J connectivity index is 2.20. The SMILES string of the molecule is CCCCCC/N=c1\sc2cc(C)c(OCCCCCC)cc2n1CCCCCC. The average Bonchev–Trinajstić information content (AvgIpc) is 3.07. The van der Waals surface area contributed by atoms with Crippen LogP contribution in [0.25, 0.3) is 10.2 Å². The van der Waals surface area contributed by atoms with Gasteiger partial charge in [0.1, 0.15) is 5.75 Å². The van der Waals surface area contributed by atoms with E-state index in [1.54, 1.807) is 0 Å². The van der Waals surface area contributed by atoms with E-state index in [9.17, 15) is 0 Å². The summed E-state index contributed by atoms with van der Waals surface area (Å²) in [7, 11) is 0. The van der Waals surface area contributed by atoms with E-state index in [-0.39, 0.29) is 0 Å². The summed E-state index contributed by atoms with van der Waals surface area (Å²) in [5.74, 6) is 1.05. The Morgan fingerprint density at radius 1 is 0.833 bits per heavy atom. The molecule has 0 aliphatic carbocycles. The summed E-state index contributed by atoms with van der Waals surface area (Å²) in [5, 5.41) is 0. The summed E-state index contributed by atoms with van der Waals surface area (Å²) in [6.45, 7) is 11.8. The summed E-state index contributed by atoms with van der Waals surface area (Å²) >= 11 is 1.85. The van der Waals surface area contributed by atoms with E-state index in [0.717, 1.165) is 31.9 Å². The number of aromatic nitrogens is 1. The average molecular weight is 433 g/mol. The molecule has 0 atom stereocenters. The van der Waals surface area contributed by atoms with Gasteiger partial charge in [-0.3, -0.25) is 4.99 Å². The van der Waals surface area contributed by atoms with E-state index >= 15 is 0 Å². The van der Waals surface area contributed by atoms with Crippen LogP contribution in [0, 0.1) is 6.92 Å². The zero-order valence-corrected chi connectivity index (χ0v) is 20.8. The maximum atomic E-state index is 6.18. The molecule has 2 aromatic rings. The predicted molar refractivity (Wildman–Crippen MR) is 133 cm³/mol. The summed E-state index contributed by atoms with van der Waals surface area (Å²) in [4.78, 5) is 6.20. The zero-order valence-electron chi connectivity index (χ0n) is 20.0. The maximum absolute atomic E-state index is 6.18. The van der Waals surface area contributed by atoms with E-state index in [1.165, 1.54) is 91.2 Å². The van der Waals surface area contributed by atoms with Gasteiger partial charge in [0.2, 0.25) is 0 Å². The molecule has 2 rings (SSSR count). The van der Waals surface area contributed by atoms with E-state index in [2.05, 4.69) is 44.4 Å². The Hall–Kier alpha value is -1.29. The van der Waals surface area contributed by atoms with Gasteiger partial charge in [0.15, 0.2) is 4.80 Å². The third-order valence-electron chi connectivity index (χ3n) is 5.73. The number of hydrogen-bond donors (Lipinski definition) is 0. The minimum atomic E-state index is 0.821. The third-order valence-corrected chi connectivity index (χ3v) is 6.81. The van der Waals surface area contributed by atoms with Crippen molar-refractivity contribution in [3.8, 4) is 5.75 Å². The van der Waals surface area contributed by atoms with E-state index < -0.39 is 0 Å². The fourth-order valence-electron chi connectivity index (χ4n) is 3.81. The molecule has 170 valence electrons. The fourth-order valence-corrected chi connectivity index (χ4v) is 4.97. The van der Waals surface area contributed by atoms with Gasteiger partial charge < -0.3 is 9.30 Å². The number of nitrogens with zero attached hydrogens (tertiary/aromatic N) is 2. The number of aryl methyl sites for hydroxylation is 2. The van der Waals surface area contributed by atoms with Crippen LogP contribution in [0.15, 0.2) is 17.1 Å². The Bertz CT molecular complexity index is 790. The molecule has 0 saturated carbocycles. The molecule has 0 fully saturated rings. The molecule has 4 heteroatoms. The van der Waals surface area contributed by atoms with Crippen molar-refractivity contribution in [1.82, 2.24) is 4.57 Å². The molecule has 0 spiro atoms. The Kier molecular flexibility index (Phi) is 12.2. The van der Waals surface area contributed by atoms with Gasteiger partial charge in [0, 0.05) is 19.2 Å². The number of fused-ring (bicyclic) bond motifs is 1. The number of benzene rings is 1. The van der Waals surface area contributed by atoms with Crippen molar-refractivity contribution in [2.75, 3.05) is 13.2 Å². The van der Waals surface area contributed by atoms with Gasteiger partial charge in [0.25, 0.3) is 0 Å². The lowest BCUT2D eigenvalue weighted by molar-refractivity contribution is 0.303. The van der Waals surface area contributed by atoms with Crippen LogP contribution in [0.3, 0.4) is 0 Å². The minimum absolute atomic E-state index is 0.821. The quantitative estimate of drug-likeness (QED) is 0.247. The lowest BCUT2D eigenvalue weighted by Crippen LogP contribution is -2.15. The highest BCUT2D eigenvalue weighted by atomic mass is 32.1. The second kappa shape index (κ2) is 14.7. The fraction of sp³-hybridized carbons (Fsp3) is 0.731. The third kappa shape index (κ3) is 8.09. The molecule has 3 nitrogen and oxygen atoms in total. The smallest absolute Gasteiger partial charge is 0.185 e. The molecule has 0 amide bonds. The second-order valence-corrected chi connectivity index (χ2v) is 9.54. The molecule has 0 saturated heterocycles. The first-order valence-electron chi connectivity index (χ1n) is 12.5. The first-order chi connectivity index (χ1) is 14.7. The van der Waals surface area contributed by atoms with Crippen LogP contribution >= 0.6 is 11.3 Å². The molecule has 30 heavy (non-hydrogen) atoms. The van der Waals surface area contributed by atoms with Gasteiger partial charge in [-0.05, 0) is 37.8 Å². The van der Waals surface area contributed by atoms with Crippen molar-refractivity contribution in [2.45, 2.75) is 111 Å². The molecule has 1 aromatic carbocycles. The van der Waals surface area contributed by atoms with Gasteiger partial charge in [0.05, 0.1) is 16.8 Å². The van der Waals surface area contributed by atoms with E-state index in [4.69, 9.17) is 9.73 Å². The van der Waals surface area contributed by atoms with Crippen molar-refractivity contribution in [3.63, 3.8) is 0 Å². The van der Waals surface area contributed by atoms with Gasteiger partial charge >= 0.3 is 0 Å². The molecule has 0 aliphatic rings. The summed E-state index contributed by atoms with van der Waals surface area (Å²) in [6.07, 6.45) is 15.2. The number of thiazole rings is 1. The van der Waals surface area contributed by atoms with Crippen LogP contribution in [0.4, 0.5) is 0 Å². The summed E-state index contributed by atoms with van der Waals surface area (Å²) < 4.78 is 9.98. The molecule has 0 aliphatic heterocycles. The number of rotatable bonds is 16. The van der Waals surface area contributed by atoms with Crippen molar-refractivity contribution in [1.29, 1.82) is 0 Å². The molecule has 0 radical (unpaired) electrons. The molecule has 0 N–H and O–H groups in total. The first kappa shape index (κ1) is 25.0. The van der Waals surface area contributed by atoms with Crippen molar-refractivity contribution < 1.29 is 4.74 Å². The van der Waals surface area contributed by atoms with Crippen molar-refractivity contribution >= 4 is 21.6 Å². The first-order valence-corrected chi connectivity index (χ1v) is 13.3. The molecule has 0 unspecified atom stereocenters. The molecular formula is C26H44N2OS. The van der Waals surface area contributed by atoms with Crippen molar-refractivity contribution in [3.05, 3.63) is 22.5 Å². The lowest BCUT2D eigenvalue weighted by Gasteiger charge is -2.11. The topological polar surface area (TPSA) is 26.5 Å². The monoisotopic (exact) mass is 432 g/mol. The highest BCUT2D eigenvalue weighted by Gasteiger charge is 2.10. The highest BCUT2D eigenvalue weighted by Crippen LogP contribution is 2.28. The second-order valence-electron chi connectivity index (χ2n) is 8.53. The standard InChI is InChI=1S/C26H44N2OS/c1-5-8-11-14-17-27-26-28(18-15-12-9-6-2)23-21-24(22(4)20-25(23)30-26)29-19-16-13-10-7-3/h20-21H,5-19H2,1-4H3/b27-26-. The van der Waals surface area contributed by atoms with Crippen LogP contribution in [0.2, 0.25) is 0 Å². The van der Waals surface area contributed by atoms with Gasteiger partial charge in [-0.15, -0.1) is 0 Å². The molecular weight excluding hydrogens is 388 g/mol.